The lowest BCUT2D eigenvalue weighted by Crippen LogP contribution is -2.57. The molecular formula is C28H45N3O5. The number of hydrogen-bond acceptors (Lipinski definition) is 5. The van der Waals surface area contributed by atoms with Crippen LogP contribution in [0.25, 0.3) is 0 Å². The second-order valence-corrected chi connectivity index (χ2v) is 13.5. The molecule has 8 heteroatoms. The van der Waals surface area contributed by atoms with Crippen molar-refractivity contribution < 1.29 is 24.0 Å². The van der Waals surface area contributed by atoms with Gasteiger partial charge in [-0.3, -0.25) is 24.0 Å². The summed E-state index contributed by atoms with van der Waals surface area (Å²) in [4.78, 5) is 66.2. The Morgan fingerprint density at radius 3 is 2.14 bits per heavy atom. The van der Waals surface area contributed by atoms with E-state index in [1.54, 1.807) is 4.90 Å². The van der Waals surface area contributed by atoms with Gasteiger partial charge in [0.2, 0.25) is 17.6 Å². The first-order valence-corrected chi connectivity index (χ1v) is 13.5. The van der Waals surface area contributed by atoms with Gasteiger partial charge in [-0.05, 0) is 40.9 Å². The number of nitrogens with one attached hydrogen (secondary N) is 1. The average Bonchev–Trinajstić information content (AvgIpc) is 3.06. The Balaban J connectivity index is 1.83. The molecule has 1 heterocycles. The van der Waals surface area contributed by atoms with E-state index >= 15 is 0 Å². The summed E-state index contributed by atoms with van der Waals surface area (Å²) in [5.74, 6) is -2.27. The predicted octanol–water partition coefficient (Wildman–Crippen LogP) is 2.87. The Morgan fingerprint density at radius 1 is 1.06 bits per heavy atom. The number of likely N-dealkylation sites (tertiary alicyclic amines) is 1. The van der Waals surface area contributed by atoms with Crippen LogP contribution in [-0.2, 0) is 24.0 Å². The summed E-state index contributed by atoms with van der Waals surface area (Å²) in [5, 5.41) is 2.81. The molecule has 3 amide bonds. The maximum absolute atomic E-state index is 13.9. The molecule has 3 aliphatic rings. The van der Waals surface area contributed by atoms with E-state index < -0.39 is 41.0 Å². The van der Waals surface area contributed by atoms with Crippen molar-refractivity contribution in [3.63, 3.8) is 0 Å². The van der Waals surface area contributed by atoms with E-state index in [1.165, 1.54) is 0 Å². The number of ketones is 2. The number of carbonyl (C=O) groups is 5. The molecule has 0 radical (unpaired) electrons. The highest BCUT2D eigenvalue weighted by Gasteiger charge is 2.69. The van der Waals surface area contributed by atoms with Gasteiger partial charge in [-0.2, -0.15) is 0 Å². The van der Waals surface area contributed by atoms with Gasteiger partial charge in [0.1, 0.15) is 11.8 Å². The zero-order valence-electron chi connectivity index (χ0n) is 23.1. The average molecular weight is 504 g/mol. The molecule has 0 aromatic rings. The van der Waals surface area contributed by atoms with Crippen LogP contribution in [0.4, 0.5) is 0 Å². The maximum Gasteiger partial charge on any atom is 0.287 e. The third-order valence-corrected chi connectivity index (χ3v) is 8.84. The minimum absolute atomic E-state index is 0.0264. The normalized spacial score (nSPS) is 26.6. The molecule has 0 aromatic carbocycles. The smallest absolute Gasteiger partial charge is 0.287 e. The van der Waals surface area contributed by atoms with Crippen molar-refractivity contribution in [2.24, 2.45) is 46.2 Å². The van der Waals surface area contributed by atoms with Crippen molar-refractivity contribution in [1.29, 1.82) is 0 Å². The van der Waals surface area contributed by atoms with Crippen molar-refractivity contribution in [3.05, 3.63) is 0 Å². The Morgan fingerprint density at radius 2 is 1.67 bits per heavy atom. The molecule has 202 valence electrons. The molecule has 5 atom stereocenters. The fraction of sp³-hybridized carbons (Fsp3) is 0.821. The van der Waals surface area contributed by atoms with Gasteiger partial charge in [-0.25, -0.2) is 0 Å². The van der Waals surface area contributed by atoms with Crippen LogP contribution >= 0.6 is 0 Å². The minimum atomic E-state index is -1.06. The number of piperidine rings is 1. The van der Waals surface area contributed by atoms with E-state index in [4.69, 9.17) is 5.73 Å². The van der Waals surface area contributed by atoms with Crippen LogP contribution in [0.2, 0.25) is 0 Å². The fourth-order valence-electron chi connectivity index (χ4n) is 6.27. The molecule has 1 aliphatic heterocycles. The van der Waals surface area contributed by atoms with E-state index in [-0.39, 0.29) is 47.2 Å². The molecule has 0 bridgehead atoms. The van der Waals surface area contributed by atoms with E-state index in [0.717, 1.165) is 19.3 Å². The van der Waals surface area contributed by atoms with Crippen LogP contribution in [0.1, 0.15) is 87.0 Å². The number of Topliss-reactive ketones (excluding diaryl/α,β-unsaturated/α-hetero) is 2. The van der Waals surface area contributed by atoms with Crippen molar-refractivity contribution in [2.75, 3.05) is 6.54 Å². The molecule has 2 saturated carbocycles. The standard InChI is InChI=1S/C28H45N3O5/c1-15(2)11-17(32)13-18(27(3,4)5)26(36)31-14-19-21(28(19,6)7)22(31)25(35)30-20(23(33)24(29)34)12-16-9-8-10-16/h15-16,18-22H,8-14H2,1-7H3,(H2,29,34)(H,30,35)/t18-,19?,20?,21?,22+/m1/s1. The summed E-state index contributed by atoms with van der Waals surface area (Å²) in [6.45, 7) is 14.5. The predicted molar refractivity (Wildman–Crippen MR) is 136 cm³/mol. The van der Waals surface area contributed by atoms with E-state index in [0.29, 0.717) is 19.4 Å². The highest BCUT2D eigenvalue weighted by molar-refractivity contribution is 6.37. The zero-order valence-corrected chi connectivity index (χ0v) is 23.1. The minimum Gasteiger partial charge on any atom is -0.363 e. The molecule has 0 spiro atoms. The number of rotatable bonds is 11. The summed E-state index contributed by atoms with van der Waals surface area (Å²) in [5.41, 5.74) is 4.73. The van der Waals surface area contributed by atoms with Gasteiger partial charge in [0.25, 0.3) is 5.91 Å². The van der Waals surface area contributed by atoms with Crippen LogP contribution in [0, 0.1) is 40.4 Å². The number of hydrogen-bond donors (Lipinski definition) is 2. The van der Waals surface area contributed by atoms with Gasteiger partial charge in [-0.15, -0.1) is 0 Å². The number of carbonyl (C=O) groups excluding carboxylic acids is 5. The summed E-state index contributed by atoms with van der Waals surface area (Å²) >= 11 is 0. The monoisotopic (exact) mass is 503 g/mol. The first-order chi connectivity index (χ1) is 16.6. The Labute approximate surface area is 215 Å². The van der Waals surface area contributed by atoms with Crippen LogP contribution in [0.3, 0.4) is 0 Å². The summed E-state index contributed by atoms with van der Waals surface area (Å²) < 4.78 is 0. The first kappa shape index (κ1) is 28.3. The number of primary amides is 1. The fourth-order valence-corrected chi connectivity index (χ4v) is 6.27. The number of nitrogens with zero attached hydrogens (tertiary/aromatic N) is 1. The molecule has 1 saturated heterocycles. The van der Waals surface area contributed by atoms with E-state index in [9.17, 15) is 24.0 Å². The van der Waals surface area contributed by atoms with Gasteiger partial charge >= 0.3 is 0 Å². The molecule has 36 heavy (non-hydrogen) atoms. The number of amides is 3. The summed E-state index contributed by atoms with van der Waals surface area (Å²) in [6, 6.07) is -1.70. The molecule has 3 rings (SSSR count). The summed E-state index contributed by atoms with van der Waals surface area (Å²) in [6.07, 6.45) is 3.95. The SMILES string of the molecule is CC(C)CC(=O)C[C@H](C(=O)N1CC2C([C@H]1C(=O)NC(CC1CCC1)C(=O)C(N)=O)C2(C)C)C(C)(C)C. The van der Waals surface area contributed by atoms with Crippen LogP contribution in [0.15, 0.2) is 0 Å². The van der Waals surface area contributed by atoms with E-state index in [1.807, 2.05) is 34.6 Å². The van der Waals surface area contributed by atoms with Gasteiger partial charge in [0.05, 0.1) is 6.04 Å². The Bertz CT molecular complexity index is 915. The molecular weight excluding hydrogens is 458 g/mol. The third-order valence-electron chi connectivity index (χ3n) is 8.84. The number of nitrogens with two attached hydrogens (primary N) is 1. The van der Waals surface area contributed by atoms with Gasteiger partial charge in [-0.1, -0.05) is 67.7 Å². The van der Waals surface area contributed by atoms with Crippen molar-refractivity contribution in [3.8, 4) is 0 Å². The quantitative estimate of drug-likeness (QED) is 0.419. The van der Waals surface area contributed by atoms with Crippen molar-refractivity contribution in [2.45, 2.75) is 99.1 Å². The highest BCUT2D eigenvalue weighted by Crippen LogP contribution is 2.65. The Kier molecular flexibility index (Phi) is 8.07. The van der Waals surface area contributed by atoms with Gasteiger partial charge < -0.3 is 16.0 Å². The lowest BCUT2D eigenvalue weighted by Gasteiger charge is -2.38. The van der Waals surface area contributed by atoms with Crippen molar-refractivity contribution in [1.82, 2.24) is 10.2 Å². The van der Waals surface area contributed by atoms with Crippen LogP contribution in [0.5, 0.6) is 0 Å². The number of fused-ring (bicyclic) bond motifs is 1. The van der Waals surface area contributed by atoms with Gasteiger partial charge in [0.15, 0.2) is 0 Å². The van der Waals surface area contributed by atoms with E-state index in [2.05, 4.69) is 19.2 Å². The van der Waals surface area contributed by atoms with Crippen molar-refractivity contribution >= 4 is 29.3 Å². The third kappa shape index (κ3) is 5.83. The lowest BCUT2D eigenvalue weighted by atomic mass is 9.76. The molecule has 3 N–H and O–H groups in total. The first-order valence-electron chi connectivity index (χ1n) is 13.5. The van der Waals surface area contributed by atoms with Crippen LogP contribution in [-0.4, -0.2) is 52.8 Å². The molecule has 3 unspecified atom stereocenters. The highest BCUT2D eigenvalue weighted by atomic mass is 16.2. The summed E-state index contributed by atoms with van der Waals surface area (Å²) in [7, 11) is 0. The largest absolute Gasteiger partial charge is 0.363 e. The second-order valence-electron chi connectivity index (χ2n) is 13.5. The zero-order chi connectivity index (χ0) is 27.2. The molecule has 3 fully saturated rings. The molecule has 2 aliphatic carbocycles. The topological polar surface area (TPSA) is 127 Å². The maximum atomic E-state index is 13.9. The Hall–Kier alpha value is -2.25. The molecule has 0 aromatic heterocycles. The van der Waals surface area contributed by atoms with Gasteiger partial charge in [0, 0.05) is 25.3 Å². The molecule has 8 nitrogen and oxygen atoms in total. The second kappa shape index (κ2) is 10.3. The lowest BCUT2D eigenvalue weighted by molar-refractivity contribution is -0.148. The van der Waals surface area contributed by atoms with Crippen LogP contribution < -0.4 is 11.1 Å².